The van der Waals surface area contributed by atoms with Crippen molar-refractivity contribution in [3.05, 3.63) is 56.5 Å². The molecule has 0 saturated heterocycles. The average Bonchev–Trinajstić information content (AvgIpc) is 2.42. The van der Waals surface area contributed by atoms with Crippen LogP contribution < -0.4 is 10.2 Å². The second kappa shape index (κ2) is 6.91. The van der Waals surface area contributed by atoms with Crippen LogP contribution in [0.15, 0.2) is 40.9 Å². The Morgan fingerprint density at radius 3 is 2.05 bits per heavy atom. The summed E-state index contributed by atoms with van der Waals surface area (Å²) in [5, 5.41) is 4.58. The highest BCUT2D eigenvalue weighted by Gasteiger charge is 2.12. The molecule has 0 aromatic heterocycles. The van der Waals surface area contributed by atoms with Crippen molar-refractivity contribution in [1.29, 1.82) is 0 Å². The Hall–Kier alpha value is -0.900. The zero-order valence-electron chi connectivity index (χ0n) is 12.1. The number of benzene rings is 2. The molecule has 0 spiro atoms. The first kappa shape index (κ1) is 16.5. The standard InChI is InChI=1S/C16H17BrCl2N2/c1-10(11-4-6-13(7-5-11)21(2)3)20-16-14(18)8-12(17)9-15(16)19/h4-10,20H,1-3H3. The highest BCUT2D eigenvalue weighted by molar-refractivity contribution is 9.10. The maximum absolute atomic E-state index is 6.25. The molecule has 0 aliphatic heterocycles. The van der Waals surface area contributed by atoms with Crippen molar-refractivity contribution < 1.29 is 0 Å². The highest BCUT2D eigenvalue weighted by atomic mass is 79.9. The average molecular weight is 388 g/mol. The molecular formula is C16H17BrCl2N2. The van der Waals surface area contributed by atoms with Crippen molar-refractivity contribution >= 4 is 50.5 Å². The minimum Gasteiger partial charge on any atom is -0.378 e. The lowest BCUT2D eigenvalue weighted by molar-refractivity contribution is 0.884. The van der Waals surface area contributed by atoms with E-state index in [1.807, 2.05) is 26.2 Å². The van der Waals surface area contributed by atoms with Gasteiger partial charge in [-0.2, -0.15) is 0 Å². The summed E-state index contributed by atoms with van der Waals surface area (Å²) in [6.07, 6.45) is 0. The summed E-state index contributed by atoms with van der Waals surface area (Å²) in [4.78, 5) is 2.07. The molecule has 0 heterocycles. The monoisotopic (exact) mass is 386 g/mol. The third kappa shape index (κ3) is 4.06. The summed E-state index contributed by atoms with van der Waals surface area (Å²) >= 11 is 15.9. The summed E-state index contributed by atoms with van der Waals surface area (Å²) in [6, 6.07) is 12.2. The van der Waals surface area contributed by atoms with Gasteiger partial charge in [-0.25, -0.2) is 0 Å². The molecule has 1 N–H and O–H groups in total. The summed E-state index contributed by atoms with van der Waals surface area (Å²) in [6.45, 7) is 2.08. The van der Waals surface area contributed by atoms with Gasteiger partial charge in [-0.05, 0) is 36.8 Å². The number of nitrogens with zero attached hydrogens (tertiary/aromatic N) is 1. The lowest BCUT2D eigenvalue weighted by Crippen LogP contribution is -2.10. The molecule has 0 saturated carbocycles. The molecule has 5 heteroatoms. The van der Waals surface area contributed by atoms with E-state index in [0.717, 1.165) is 10.2 Å². The van der Waals surface area contributed by atoms with Gasteiger partial charge in [0.1, 0.15) is 0 Å². The van der Waals surface area contributed by atoms with Crippen LogP contribution in [-0.2, 0) is 0 Å². The molecule has 112 valence electrons. The highest BCUT2D eigenvalue weighted by Crippen LogP contribution is 2.36. The van der Waals surface area contributed by atoms with E-state index >= 15 is 0 Å². The minimum atomic E-state index is 0.109. The van der Waals surface area contributed by atoms with Crippen LogP contribution in [0.3, 0.4) is 0 Å². The van der Waals surface area contributed by atoms with Crippen molar-refractivity contribution in [3.63, 3.8) is 0 Å². The van der Waals surface area contributed by atoms with Crippen LogP contribution >= 0.6 is 39.1 Å². The number of anilines is 2. The van der Waals surface area contributed by atoms with Crippen LogP contribution in [0.4, 0.5) is 11.4 Å². The largest absolute Gasteiger partial charge is 0.378 e. The molecule has 0 aliphatic carbocycles. The molecule has 1 atom stereocenters. The summed E-state index contributed by atoms with van der Waals surface area (Å²) in [5.74, 6) is 0. The van der Waals surface area contributed by atoms with Crippen LogP contribution in [0.25, 0.3) is 0 Å². The molecular weight excluding hydrogens is 371 g/mol. The third-order valence-corrected chi connectivity index (χ3v) is 4.33. The zero-order valence-corrected chi connectivity index (χ0v) is 15.2. The van der Waals surface area contributed by atoms with Crippen LogP contribution in [-0.4, -0.2) is 14.1 Å². The molecule has 1 unspecified atom stereocenters. The molecule has 21 heavy (non-hydrogen) atoms. The molecule has 2 rings (SSSR count). The first-order valence-corrected chi connectivity index (χ1v) is 8.11. The normalized spacial score (nSPS) is 12.1. The molecule has 0 fully saturated rings. The van der Waals surface area contributed by atoms with E-state index in [2.05, 4.69) is 57.3 Å². The Kier molecular flexibility index (Phi) is 5.42. The first-order valence-electron chi connectivity index (χ1n) is 6.57. The fraction of sp³-hybridized carbons (Fsp3) is 0.250. The second-order valence-corrected chi connectivity index (χ2v) is 6.83. The van der Waals surface area contributed by atoms with E-state index in [1.165, 1.54) is 11.3 Å². The summed E-state index contributed by atoms with van der Waals surface area (Å²) in [7, 11) is 4.05. The molecule has 0 bridgehead atoms. The lowest BCUT2D eigenvalue weighted by Gasteiger charge is -2.19. The predicted octanol–water partition coefficient (Wildman–Crippen LogP) is 6.00. The van der Waals surface area contributed by atoms with Gasteiger partial charge in [-0.3, -0.25) is 0 Å². The Balaban J connectivity index is 2.20. The van der Waals surface area contributed by atoms with E-state index < -0.39 is 0 Å². The van der Waals surface area contributed by atoms with Gasteiger partial charge in [0.25, 0.3) is 0 Å². The number of rotatable bonds is 4. The van der Waals surface area contributed by atoms with E-state index in [1.54, 1.807) is 0 Å². The van der Waals surface area contributed by atoms with E-state index in [9.17, 15) is 0 Å². The molecule has 0 amide bonds. The Bertz CT molecular complexity index is 604. The van der Waals surface area contributed by atoms with Gasteiger partial charge < -0.3 is 10.2 Å². The van der Waals surface area contributed by atoms with Crippen molar-refractivity contribution in [1.82, 2.24) is 0 Å². The molecule has 2 aromatic rings. The summed E-state index contributed by atoms with van der Waals surface area (Å²) < 4.78 is 0.867. The van der Waals surface area contributed by atoms with Crippen LogP contribution in [0.5, 0.6) is 0 Å². The first-order chi connectivity index (χ1) is 9.88. The number of nitrogens with one attached hydrogen (secondary N) is 1. The molecule has 2 aromatic carbocycles. The number of hydrogen-bond donors (Lipinski definition) is 1. The molecule has 0 aliphatic rings. The maximum Gasteiger partial charge on any atom is 0.0724 e. The van der Waals surface area contributed by atoms with Crippen LogP contribution in [0.1, 0.15) is 18.5 Å². The topological polar surface area (TPSA) is 15.3 Å². The van der Waals surface area contributed by atoms with Gasteiger partial charge in [0.2, 0.25) is 0 Å². The van der Waals surface area contributed by atoms with Gasteiger partial charge >= 0.3 is 0 Å². The van der Waals surface area contributed by atoms with Gasteiger partial charge in [-0.15, -0.1) is 0 Å². The van der Waals surface area contributed by atoms with Crippen LogP contribution in [0, 0.1) is 0 Å². The fourth-order valence-corrected chi connectivity index (χ4v) is 3.36. The third-order valence-electron chi connectivity index (χ3n) is 3.28. The minimum absolute atomic E-state index is 0.109. The van der Waals surface area contributed by atoms with Gasteiger partial charge in [0.15, 0.2) is 0 Å². The van der Waals surface area contributed by atoms with Crippen molar-refractivity contribution in [3.8, 4) is 0 Å². The maximum atomic E-state index is 6.25. The number of halogens is 3. The van der Waals surface area contributed by atoms with Crippen molar-refractivity contribution in [2.75, 3.05) is 24.3 Å². The van der Waals surface area contributed by atoms with E-state index in [0.29, 0.717) is 10.0 Å². The summed E-state index contributed by atoms with van der Waals surface area (Å²) in [5.41, 5.74) is 3.10. The lowest BCUT2D eigenvalue weighted by atomic mass is 10.1. The fourth-order valence-electron chi connectivity index (χ4n) is 2.04. The Morgan fingerprint density at radius 1 is 1.05 bits per heavy atom. The predicted molar refractivity (Wildman–Crippen MR) is 97.0 cm³/mol. The Labute approximate surface area is 144 Å². The van der Waals surface area contributed by atoms with Gasteiger partial charge in [0.05, 0.1) is 15.7 Å². The zero-order chi connectivity index (χ0) is 15.6. The van der Waals surface area contributed by atoms with Crippen LogP contribution in [0.2, 0.25) is 10.0 Å². The van der Waals surface area contributed by atoms with Crippen molar-refractivity contribution in [2.24, 2.45) is 0 Å². The number of hydrogen-bond acceptors (Lipinski definition) is 2. The Morgan fingerprint density at radius 2 is 1.57 bits per heavy atom. The van der Waals surface area contributed by atoms with E-state index in [4.69, 9.17) is 23.2 Å². The van der Waals surface area contributed by atoms with Gasteiger partial charge in [0, 0.05) is 30.3 Å². The molecule has 0 radical (unpaired) electrons. The smallest absolute Gasteiger partial charge is 0.0724 e. The van der Waals surface area contributed by atoms with E-state index in [-0.39, 0.29) is 6.04 Å². The van der Waals surface area contributed by atoms with Gasteiger partial charge in [-0.1, -0.05) is 51.3 Å². The van der Waals surface area contributed by atoms with Crippen molar-refractivity contribution in [2.45, 2.75) is 13.0 Å². The molecule has 2 nitrogen and oxygen atoms in total. The quantitative estimate of drug-likeness (QED) is 0.692. The second-order valence-electron chi connectivity index (χ2n) is 5.10. The SMILES string of the molecule is CC(Nc1c(Cl)cc(Br)cc1Cl)c1ccc(N(C)C)cc1.